The molecule has 0 radical (unpaired) electrons. The standard InChI is InChI=1S/C17H12N2O5/c1-10-2-7-13-16(8-10)24-17(21)14(18-13)9-15(20)11-3-5-12(6-4-11)19(22)23/h2-9,20H,1H3/b15-9-. The third-order valence-electron chi connectivity index (χ3n) is 3.42. The molecule has 0 spiro atoms. The summed E-state index contributed by atoms with van der Waals surface area (Å²) in [4.78, 5) is 26.3. The molecule has 0 aliphatic heterocycles. The highest BCUT2D eigenvalue weighted by molar-refractivity contribution is 5.78. The number of aromatic nitrogens is 1. The molecule has 7 heteroatoms. The van der Waals surface area contributed by atoms with Crippen LogP contribution in [0.15, 0.2) is 51.7 Å². The Labute approximate surface area is 135 Å². The second-order valence-electron chi connectivity index (χ2n) is 5.19. The molecule has 0 amide bonds. The van der Waals surface area contributed by atoms with Crippen molar-refractivity contribution in [2.24, 2.45) is 0 Å². The van der Waals surface area contributed by atoms with Crippen molar-refractivity contribution in [1.82, 2.24) is 4.98 Å². The van der Waals surface area contributed by atoms with Crippen molar-refractivity contribution < 1.29 is 14.4 Å². The number of benzene rings is 2. The highest BCUT2D eigenvalue weighted by Crippen LogP contribution is 2.19. The Hall–Kier alpha value is -3.48. The van der Waals surface area contributed by atoms with Crippen LogP contribution in [0.5, 0.6) is 0 Å². The summed E-state index contributed by atoms with van der Waals surface area (Å²) < 4.78 is 5.20. The largest absolute Gasteiger partial charge is 0.507 e. The molecule has 0 saturated heterocycles. The van der Waals surface area contributed by atoms with Gasteiger partial charge < -0.3 is 9.52 Å². The van der Waals surface area contributed by atoms with E-state index in [-0.39, 0.29) is 17.1 Å². The van der Waals surface area contributed by atoms with Crippen molar-refractivity contribution in [3.8, 4) is 0 Å². The van der Waals surface area contributed by atoms with Gasteiger partial charge in [-0.15, -0.1) is 0 Å². The monoisotopic (exact) mass is 324 g/mol. The van der Waals surface area contributed by atoms with Crippen LogP contribution in [0.3, 0.4) is 0 Å². The lowest BCUT2D eigenvalue weighted by atomic mass is 10.1. The van der Waals surface area contributed by atoms with E-state index in [9.17, 15) is 20.0 Å². The fraction of sp³-hybridized carbons (Fsp3) is 0.0588. The number of aliphatic hydroxyl groups excluding tert-OH is 1. The van der Waals surface area contributed by atoms with E-state index < -0.39 is 10.5 Å². The zero-order valence-electron chi connectivity index (χ0n) is 12.6. The highest BCUT2D eigenvalue weighted by atomic mass is 16.6. The van der Waals surface area contributed by atoms with Crippen molar-refractivity contribution >= 4 is 28.6 Å². The minimum Gasteiger partial charge on any atom is -0.507 e. The van der Waals surface area contributed by atoms with Gasteiger partial charge in [-0.05, 0) is 36.8 Å². The molecule has 1 aromatic heterocycles. The Kier molecular flexibility index (Phi) is 3.83. The van der Waals surface area contributed by atoms with Gasteiger partial charge in [-0.3, -0.25) is 10.1 Å². The van der Waals surface area contributed by atoms with Crippen LogP contribution in [0.1, 0.15) is 16.8 Å². The Morgan fingerprint density at radius 2 is 1.96 bits per heavy atom. The lowest BCUT2D eigenvalue weighted by Gasteiger charge is -2.01. The SMILES string of the molecule is Cc1ccc2nc(/C=C(\O)c3ccc([N+](=O)[O-])cc3)c(=O)oc2c1. The average Bonchev–Trinajstić information content (AvgIpc) is 2.55. The first-order valence-corrected chi connectivity index (χ1v) is 7.01. The van der Waals surface area contributed by atoms with Crippen LogP contribution < -0.4 is 5.63 Å². The topological polar surface area (TPSA) is 106 Å². The molecular formula is C17H12N2O5. The van der Waals surface area contributed by atoms with Crippen molar-refractivity contribution in [2.45, 2.75) is 6.92 Å². The van der Waals surface area contributed by atoms with E-state index in [2.05, 4.69) is 4.98 Å². The van der Waals surface area contributed by atoms with Gasteiger partial charge in [0.05, 0.1) is 4.92 Å². The number of aryl methyl sites for hydroxylation is 1. The minimum atomic E-state index is -0.679. The van der Waals surface area contributed by atoms with Crippen LogP contribution in [0.25, 0.3) is 22.9 Å². The third-order valence-corrected chi connectivity index (χ3v) is 3.42. The normalized spacial score (nSPS) is 11.6. The van der Waals surface area contributed by atoms with E-state index in [1.807, 2.05) is 13.0 Å². The lowest BCUT2D eigenvalue weighted by molar-refractivity contribution is -0.384. The molecule has 3 aromatic rings. The summed E-state index contributed by atoms with van der Waals surface area (Å²) in [6.45, 7) is 1.87. The summed E-state index contributed by atoms with van der Waals surface area (Å²) in [5.74, 6) is -0.240. The summed E-state index contributed by atoms with van der Waals surface area (Å²) in [6, 6.07) is 10.5. The molecule has 0 saturated carbocycles. The Balaban J connectivity index is 2.02. The minimum absolute atomic E-state index is 0.0535. The van der Waals surface area contributed by atoms with Gasteiger partial charge in [0.2, 0.25) is 0 Å². The number of hydrogen-bond acceptors (Lipinski definition) is 6. The molecule has 0 aliphatic carbocycles. The molecule has 0 atom stereocenters. The fourth-order valence-electron chi connectivity index (χ4n) is 2.18. The van der Waals surface area contributed by atoms with Crippen LogP contribution in [-0.2, 0) is 0 Å². The molecule has 120 valence electrons. The Morgan fingerprint density at radius 3 is 2.62 bits per heavy atom. The Bertz CT molecular complexity index is 1020. The van der Waals surface area contributed by atoms with Gasteiger partial charge in [0, 0.05) is 23.8 Å². The summed E-state index contributed by atoms with van der Waals surface area (Å²) >= 11 is 0. The van der Waals surface area contributed by atoms with E-state index in [0.29, 0.717) is 16.7 Å². The van der Waals surface area contributed by atoms with Gasteiger partial charge in [-0.2, -0.15) is 0 Å². The van der Waals surface area contributed by atoms with Gasteiger partial charge in [-0.1, -0.05) is 6.07 Å². The first-order valence-electron chi connectivity index (χ1n) is 7.01. The zero-order chi connectivity index (χ0) is 17.3. The van der Waals surface area contributed by atoms with Crippen molar-refractivity contribution in [3.63, 3.8) is 0 Å². The smallest absolute Gasteiger partial charge is 0.362 e. The zero-order valence-corrected chi connectivity index (χ0v) is 12.6. The molecule has 0 aliphatic rings. The van der Waals surface area contributed by atoms with E-state index in [0.717, 1.165) is 5.56 Å². The molecule has 2 aromatic carbocycles. The quantitative estimate of drug-likeness (QED) is 0.449. The van der Waals surface area contributed by atoms with Gasteiger partial charge in [0.1, 0.15) is 11.3 Å². The maximum Gasteiger partial charge on any atom is 0.362 e. The van der Waals surface area contributed by atoms with Crippen LogP contribution in [-0.4, -0.2) is 15.0 Å². The van der Waals surface area contributed by atoms with Crippen LogP contribution >= 0.6 is 0 Å². The van der Waals surface area contributed by atoms with Crippen LogP contribution in [0, 0.1) is 17.0 Å². The number of nitro groups is 1. The third kappa shape index (κ3) is 3.00. The number of fused-ring (bicyclic) bond motifs is 1. The molecular weight excluding hydrogens is 312 g/mol. The maximum atomic E-state index is 12.0. The molecule has 1 heterocycles. The number of non-ortho nitro benzene ring substituents is 1. The first kappa shape index (κ1) is 15.4. The number of rotatable bonds is 3. The van der Waals surface area contributed by atoms with Gasteiger partial charge in [0.25, 0.3) is 5.69 Å². The van der Waals surface area contributed by atoms with Crippen molar-refractivity contribution in [2.75, 3.05) is 0 Å². The molecule has 24 heavy (non-hydrogen) atoms. The number of nitro benzene ring substituents is 1. The summed E-state index contributed by atoms with van der Waals surface area (Å²) in [5, 5.41) is 20.7. The number of hydrogen-bond donors (Lipinski definition) is 1. The number of nitrogens with zero attached hydrogens (tertiary/aromatic N) is 2. The van der Waals surface area contributed by atoms with Crippen molar-refractivity contribution in [1.29, 1.82) is 0 Å². The van der Waals surface area contributed by atoms with E-state index in [1.54, 1.807) is 12.1 Å². The molecule has 7 nitrogen and oxygen atoms in total. The van der Waals surface area contributed by atoms with Crippen molar-refractivity contribution in [3.05, 3.63) is 79.8 Å². The van der Waals surface area contributed by atoms with E-state index >= 15 is 0 Å². The second kappa shape index (κ2) is 5.96. The molecule has 0 bridgehead atoms. The van der Waals surface area contributed by atoms with Crippen LogP contribution in [0.4, 0.5) is 5.69 Å². The Morgan fingerprint density at radius 1 is 1.25 bits per heavy atom. The van der Waals surface area contributed by atoms with Gasteiger partial charge in [-0.25, -0.2) is 9.78 Å². The highest BCUT2D eigenvalue weighted by Gasteiger charge is 2.09. The summed E-state index contributed by atoms with van der Waals surface area (Å²) in [7, 11) is 0. The first-order chi connectivity index (χ1) is 11.4. The predicted octanol–water partition coefficient (Wildman–Crippen LogP) is 3.46. The lowest BCUT2D eigenvalue weighted by Crippen LogP contribution is -2.06. The average molecular weight is 324 g/mol. The van der Waals surface area contributed by atoms with E-state index in [4.69, 9.17) is 4.42 Å². The van der Waals surface area contributed by atoms with Crippen LogP contribution in [0.2, 0.25) is 0 Å². The predicted molar refractivity (Wildman–Crippen MR) is 88.6 cm³/mol. The number of aliphatic hydroxyl groups is 1. The van der Waals surface area contributed by atoms with E-state index in [1.165, 1.54) is 30.3 Å². The molecule has 0 fully saturated rings. The summed E-state index contributed by atoms with van der Waals surface area (Å²) in [5.41, 5.74) is 1.29. The van der Waals surface area contributed by atoms with Gasteiger partial charge >= 0.3 is 5.63 Å². The molecule has 0 unspecified atom stereocenters. The fourth-order valence-corrected chi connectivity index (χ4v) is 2.18. The molecule has 3 rings (SSSR count). The maximum absolute atomic E-state index is 12.0. The van der Waals surface area contributed by atoms with Gasteiger partial charge in [0.15, 0.2) is 11.3 Å². The molecule has 1 N–H and O–H groups in total. The summed E-state index contributed by atoms with van der Waals surface area (Å²) in [6.07, 6.45) is 1.17. The second-order valence-corrected chi connectivity index (χ2v) is 5.19.